The van der Waals surface area contributed by atoms with Crippen LogP contribution in [0.1, 0.15) is 47.0 Å². The summed E-state index contributed by atoms with van der Waals surface area (Å²) in [5.74, 6) is 2.18. The number of likely N-dealkylation sites (tertiary alicyclic amines) is 1. The lowest BCUT2D eigenvalue weighted by molar-refractivity contribution is 0.150. The average molecular weight is 396 g/mol. The molecule has 0 radical (unpaired) electrons. The van der Waals surface area contributed by atoms with E-state index >= 15 is 0 Å². The predicted molar refractivity (Wildman–Crippen MR) is 98.8 cm³/mol. The molecule has 4 nitrogen and oxygen atoms in total. The van der Waals surface area contributed by atoms with E-state index in [4.69, 9.17) is 5.73 Å². The van der Waals surface area contributed by atoms with Crippen molar-refractivity contribution >= 4 is 29.9 Å². The highest BCUT2D eigenvalue weighted by molar-refractivity contribution is 14.0. The summed E-state index contributed by atoms with van der Waals surface area (Å²) in [4.78, 5) is 6.99. The molecule has 120 valence electrons. The predicted octanol–water partition coefficient (Wildman–Crippen LogP) is 2.68. The van der Waals surface area contributed by atoms with Crippen molar-refractivity contribution in [3.05, 3.63) is 0 Å². The van der Waals surface area contributed by atoms with E-state index in [1.54, 1.807) is 0 Å². The van der Waals surface area contributed by atoms with E-state index in [1.165, 1.54) is 25.9 Å². The molecule has 0 spiro atoms. The molecule has 1 heterocycles. The second-order valence-electron chi connectivity index (χ2n) is 6.40. The molecule has 1 unspecified atom stereocenters. The van der Waals surface area contributed by atoms with Crippen LogP contribution in [-0.2, 0) is 0 Å². The van der Waals surface area contributed by atoms with Crippen LogP contribution in [0.3, 0.4) is 0 Å². The highest BCUT2D eigenvalue weighted by Gasteiger charge is 2.19. The van der Waals surface area contributed by atoms with Crippen molar-refractivity contribution in [3.8, 4) is 0 Å². The van der Waals surface area contributed by atoms with Gasteiger partial charge in [0.2, 0.25) is 0 Å². The van der Waals surface area contributed by atoms with Crippen molar-refractivity contribution in [1.82, 2.24) is 10.2 Å². The standard InChI is InChI=1S/C15H32N4.HI/c1-12(2)5-8-17-15(16)18-11-14(4)19-9-6-13(3)7-10-19;/h12-14H,5-11H2,1-4H3,(H3,16,17,18);1H. The first-order valence-corrected chi connectivity index (χ1v) is 7.77. The largest absolute Gasteiger partial charge is 0.370 e. The molecule has 0 aromatic heterocycles. The number of nitrogens with two attached hydrogens (primary N) is 1. The highest BCUT2D eigenvalue weighted by Crippen LogP contribution is 2.17. The SMILES string of the molecule is CC(C)CCNC(N)=NCC(C)N1CCC(C)CC1.I. The summed E-state index contributed by atoms with van der Waals surface area (Å²) in [7, 11) is 0. The van der Waals surface area contributed by atoms with Crippen LogP contribution < -0.4 is 11.1 Å². The van der Waals surface area contributed by atoms with Crippen molar-refractivity contribution in [1.29, 1.82) is 0 Å². The molecular formula is C15H33IN4. The minimum absolute atomic E-state index is 0. The number of guanidine groups is 1. The van der Waals surface area contributed by atoms with Gasteiger partial charge in [-0.25, -0.2) is 0 Å². The van der Waals surface area contributed by atoms with Gasteiger partial charge in [0.25, 0.3) is 0 Å². The summed E-state index contributed by atoms with van der Waals surface area (Å²) < 4.78 is 0. The van der Waals surface area contributed by atoms with Gasteiger partial charge in [-0.3, -0.25) is 9.89 Å². The average Bonchev–Trinajstić information content (AvgIpc) is 2.36. The maximum atomic E-state index is 5.88. The van der Waals surface area contributed by atoms with Crippen LogP contribution in [0.25, 0.3) is 0 Å². The van der Waals surface area contributed by atoms with Gasteiger partial charge in [-0.15, -0.1) is 24.0 Å². The molecule has 1 aliphatic heterocycles. The van der Waals surface area contributed by atoms with E-state index in [2.05, 4.69) is 42.9 Å². The Bertz CT molecular complexity index is 273. The molecule has 0 aromatic carbocycles. The Balaban J connectivity index is 0.00000361. The number of rotatable bonds is 6. The third kappa shape index (κ3) is 8.29. The fourth-order valence-corrected chi connectivity index (χ4v) is 2.36. The number of hydrogen-bond acceptors (Lipinski definition) is 2. The van der Waals surface area contributed by atoms with E-state index < -0.39 is 0 Å². The number of aliphatic imine (C=N–C) groups is 1. The van der Waals surface area contributed by atoms with Crippen LogP contribution in [-0.4, -0.2) is 43.1 Å². The minimum Gasteiger partial charge on any atom is -0.370 e. The van der Waals surface area contributed by atoms with Crippen LogP contribution in [0.5, 0.6) is 0 Å². The van der Waals surface area contributed by atoms with Crippen molar-refractivity contribution < 1.29 is 0 Å². The molecule has 20 heavy (non-hydrogen) atoms. The molecular weight excluding hydrogens is 363 g/mol. The molecule has 1 aliphatic rings. The van der Waals surface area contributed by atoms with Crippen molar-refractivity contribution in [2.24, 2.45) is 22.6 Å². The smallest absolute Gasteiger partial charge is 0.188 e. The van der Waals surface area contributed by atoms with E-state index in [-0.39, 0.29) is 24.0 Å². The van der Waals surface area contributed by atoms with E-state index in [1.807, 2.05) is 0 Å². The molecule has 1 rings (SSSR count). The number of halogens is 1. The Labute approximate surface area is 142 Å². The van der Waals surface area contributed by atoms with Gasteiger partial charge in [0, 0.05) is 12.6 Å². The lowest BCUT2D eigenvalue weighted by Crippen LogP contribution is -2.42. The molecule has 1 fully saturated rings. The summed E-state index contributed by atoms with van der Waals surface area (Å²) >= 11 is 0. The number of nitrogens with zero attached hydrogens (tertiary/aromatic N) is 2. The third-order valence-corrected chi connectivity index (χ3v) is 4.00. The van der Waals surface area contributed by atoms with Crippen LogP contribution in [0.2, 0.25) is 0 Å². The highest BCUT2D eigenvalue weighted by atomic mass is 127. The Morgan fingerprint density at radius 1 is 1.30 bits per heavy atom. The molecule has 0 amide bonds. The number of hydrogen-bond donors (Lipinski definition) is 2. The second-order valence-corrected chi connectivity index (χ2v) is 6.40. The molecule has 1 atom stereocenters. The third-order valence-electron chi connectivity index (χ3n) is 4.00. The maximum absolute atomic E-state index is 5.88. The summed E-state index contributed by atoms with van der Waals surface area (Å²) in [6.07, 6.45) is 3.77. The van der Waals surface area contributed by atoms with Gasteiger partial charge in [0.15, 0.2) is 5.96 Å². The second kappa shape index (κ2) is 10.7. The van der Waals surface area contributed by atoms with Crippen LogP contribution >= 0.6 is 24.0 Å². The first-order valence-electron chi connectivity index (χ1n) is 7.77. The molecule has 5 heteroatoms. The topological polar surface area (TPSA) is 53.6 Å². The number of piperidine rings is 1. The summed E-state index contributed by atoms with van der Waals surface area (Å²) in [6, 6.07) is 0.498. The zero-order valence-electron chi connectivity index (χ0n) is 13.6. The van der Waals surface area contributed by atoms with E-state index in [9.17, 15) is 0 Å². The first-order chi connectivity index (χ1) is 8.99. The summed E-state index contributed by atoms with van der Waals surface area (Å²) in [5, 5.41) is 3.19. The van der Waals surface area contributed by atoms with Gasteiger partial charge >= 0.3 is 0 Å². The summed E-state index contributed by atoms with van der Waals surface area (Å²) in [6.45, 7) is 13.2. The fraction of sp³-hybridized carbons (Fsp3) is 0.933. The van der Waals surface area contributed by atoms with Gasteiger partial charge in [0.05, 0.1) is 6.54 Å². The molecule has 0 bridgehead atoms. The van der Waals surface area contributed by atoms with Crippen molar-refractivity contribution in [3.63, 3.8) is 0 Å². The quantitative estimate of drug-likeness (QED) is 0.412. The van der Waals surface area contributed by atoms with E-state index in [0.29, 0.717) is 17.9 Å². The Kier molecular flexibility index (Phi) is 10.6. The van der Waals surface area contributed by atoms with Crippen LogP contribution in [0.15, 0.2) is 4.99 Å². The molecule has 1 saturated heterocycles. The van der Waals surface area contributed by atoms with Crippen LogP contribution in [0, 0.1) is 11.8 Å². The lowest BCUT2D eigenvalue weighted by atomic mass is 9.98. The normalized spacial score (nSPS) is 19.8. The Hall–Kier alpha value is -0.0400. The molecule has 0 aliphatic carbocycles. The van der Waals surface area contributed by atoms with E-state index in [0.717, 1.165) is 25.4 Å². The van der Waals surface area contributed by atoms with Gasteiger partial charge in [-0.2, -0.15) is 0 Å². The number of nitrogens with one attached hydrogen (secondary N) is 1. The molecule has 3 N–H and O–H groups in total. The maximum Gasteiger partial charge on any atom is 0.188 e. The zero-order valence-corrected chi connectivity index (χ0v) is 15.9. The molecule has 0 saturated carbocycles. The van der Waals surface area contributed by atoms with Gasteiger partial charge in [-0.05, 0) is 51.1 Å². The fourth-order valence-electron chi connectivity index (χ4n) is 2.36. The van der Waals surface area contributed by atoms with Gasteiger partial charge < -0.3 is 11.1 Å². The molecule has 0 aromatic rings. The zero-order chi connectivity index (χ0) is 14.3. The minimum atomic E-state index is 0. The Morgan fingerprint density at radius 2 is 1.90 bits per heavy atom. The van der Waals surface area contributed by atoms with Crippen molar-refractivity contribution in [2.75, 3.05) is 26.2 Å². The van der Waals surface area contributed by atoms with Gasteiger partial charge in [-0.1, -0.05) is 20.8 Å². The van der Waals surface area contributed by atoms with Gasteiger partial charge in [0.1, 0.15) is 0 Å². The monoisotopic (exact) mass is 396 g/mol. The lowest BCUT2D eigenvalue weighted by Gasteiger charge is -2.34. The Morgan fingerprint density at radius 3 is 2.45 bits per heavy atom. The van der Waals surface area contributed by atoms with Crippen LogP contribution in [0.4, 0.5) is 0 Å². The summed E-state index contributed by atoms with van der Waals surface area (Å²) in [5.41, 5.74) is 5.88. The first kappa shape index (κ1) is 20.0. The van der Waals surface area contributed by atoms with Crippen molar-refractivity contribution in [2.45, 2.75) is 53.0 Å².